The van der Waals surface area contributed by atoms with Crippen LogP contribution in [0.3, 0.4) is 0 Å². The lowest BCUT2D eigenvalue weighted by Gasteiger charge is -2.32. The van der Waals surface area contributed by atoms with Crippen molar-refractivity contribution in [1.82, 2.24) is 24.2 Å². The molecular weight excluding hydrogens is 393 g/mol. The third-order valence-corrected chi connectivity index (χ3v) is 6.18. The van der Waals surface area contributed by atoms with Crippen LogP contribution in [0.2, 0.25) is 0 Å². The molecule has 158 valence electrons. The van der Waals surface area contributed by atoms with Gasteiger partial charge in [-0.05, 0) is 43.2 Å². The minimum atomic E-state index is -0.295. The molecule has 1 aliphatic rings. The van der Waals surface area contributed by atoms with Gasteiger partial charge in [-0.25, -0.2) is 4.39 Å². The Morgan fingerprint density at radius 1 is 1.10 bits per heavy atom. The van der Waals surface area contributed by atoms with Gasteiger partial charge in [0.25, 0.3) is 5.91 Å². The number of likely N-dealkylation sites (tertiary alicyclic amines) is 1. The summed E-state index contributed by atoms with van der Waals surface area (Å²) in [6.07, 6.45) is 7.61. The van der Waals surface area contributed by atoms with E-state index in [0.29, 0.717) is 12.2 Å². The van der Waals surface area contributed by atoms with Crippen LogP contribution in [0.5, 0.6) is 0 Å². The van der Waals surface area contributed by atoms with E-state index in [9.17, 15) is 9.18 Å². The van der Waals surface area contributed by atoms with Crippen LogP contribution in [0, 0.1) is 5.82 Å². The lowest BCUT2D eigenvalue weighted by Crippen LogP contribution is -2.40. The van der Waals surface area contributed by atoms with Crippen molar-refractivity contribution in [3.63, 3.8) is 0 Å². The number of carbonyl (C=O) groups is 1. The van der Waals surface area contributed by atoms with E-state index in [0.717, 1.165) is 47.1 Å². The molecule has 4 aromatic rings. The lowest BCUT2D eigenvalue weighted by atomic mass is 9.93. The number of rotatable bonds is 3. The lowest BCUT2D eigenvalue weighted by molar-refractivity contribution is 0.0696. The number of aromatic nitrogens is 4. The number of amides is 1. The highest BCUT2D eigenvalue weighted by atomic mass is 19.1. The Kier molecular flexibility index (Phi) is 4.81. The molecule has 1 atom stereocenters. The fourth-order valence-electron chi connectivity index (χ4n) is 4.48. The zero-order chi connectivity index (χ0) is 21.5. The number of nitrogens with zero attached hydrogens (tertiary/aromatic N) is 5. The van der Waals surface area contributed by atoms with Crippen molar-refractivity contribution in [2.24, 2.45) is 14.1 Å². The van der Waals surface area contributed by atoms with Crippen molar-refractivity contribution in [2.75, 3.05) is 13.1 Å². The van der Waals surface area contributed by atoms with Crippen LogP contribution in [0.1, 0.15) is 34.9 Å². The van der Waals surface area contributed by atoms with Crippen molar-refractivity contribution in [1.29, 1.82) is 0 Å². The van der Waals surface area contributed by atoms with Gasteiger partial charge in [-0.15, -0.1) is 0 Å². The van der Waals surface area contributed by atoms with Crippen LogP contribution < -0.4 is 0 Å². The summed E-state index contributed by atoms with van der Waals surface area (Å²) in [5.74, 6) is -0.112. The first-order valence-corrected chi connectivity index (χ1v) is 10.5. The molecule has 7 heteroatoms. The molecule has 0 N–H and O–H groups in total. The highest BCUT2D eigenvalue weighted by molar-refractivity contribution is 5.98. The number of piperidine rings is 1. The van der Waals surface area contributed by atoms with Crippen molar-refractivity contribution in [2.45, 2.75) is 18.8 Å². The molecular formula is C24H24FN5O. The number of halogens is 1. The van der Waals surface area contributed by atoms with Gasteiger partial charge in [0.05, 0.1) is 6.20 Å². The Labute approximate surface area is 179 Å². The molecule has 0 radical (unpaired) electrons. The van der Waals surface area contributed by atoms with E-state index in [1.807, 2.05) is 42.2 Å². The molecule has 0 saturated carbocycles. The van der Waals surface area contributed by atoms with Gasteiger partial charge in [-0.1, -0.05) is 6.07 Å². The first-order valence-electron chi connectivity index (χ1n) is 10.5. The molecule has 1 aliphatic heterocycles. The quantitative estimate of drug-likeness (QED) is 0.504. The predicted octanol–water partition coefficient (Wildman–Crippen LogP) is 4.13. The van der Waals surface area contributed by atoms with Gasteiger partial charge in [-0.3, -0.25) is 14.5 Å². The summed E-state index contributed by atoms with van der Waals surface area (Å²) in [6, 6.07) is 10.5. The van der Waals surface area contributed by atoms with Crippen LogP contribution >= 0.6 is 0 Å². The summed E-state index contributed by atoms with van der Waals surface area (Å²) >= 11 is 0. The monoisotopic (exact) mass is 417 g/mol. The maximum atomic E-state index is 13.6. The summed E-state index contributed by atoms with van der Waals surface area (Å²) in [5, 5.41) is 4.96. The van der Waals surface area contributed by atoms with Gasteiger partial charge in [0.1, 0.15) is 11.5 Å². The molecule has 1 fully saturated rings. The SMILES string of the molecule is Cn1cc(-c2ccc([C@H]3CCCN(C(=O)c4cc5cc(F)ccc5n4C)C3)nc2)cn1. The molecule has 0 spiro atoms. The number of carbonyl (C=O) groups excluding carboxylic acids is 1. The summed E-state index contributed by atoms with van der Waals surface area (Å²) in [7, 11) is 3.75. The van der Waals surface area contributed by atoms with E-state index in [4.69, 9.17) is 4.98 Å². The summed E-state index contributed by atoms with van der Waals surface area (Å²) in [4.78, 5) is 19.9. The van der Waals surface area contributed by atoms with Crippen LogP contribution in [-0.4, -0.2) is 43.2 Å². The Bertz CT molecular complexity index is 1260. The van der Waals surface area contributed by atoms with Crippen LogP contribution in [0.15, 0.2) is 55.0 Å². The minimum absolute atomic E-state index is 0.0178. The zero-order valence-electron chi connectivity index (χ0n) is 17.6. The second-order valence-electron chi connectivity index (χ2n) is 8.26. The van der Waals surface area contributed by atoms with E-state index < -0.39 is 0 Å². The standard InChI is InChI=1S/C24H24FN5O/c1-28-14-19(13-27-28)16-5-7-21(26-12-16)17-4-3-9-30(15-17)24(31)23-11-18-10-20(25)6-8-22(18)29(23)2/h5-8,10-14,17H,3-4,9,15H2,1-2H3/t17-/m0/s1. The molecule has 31 heavy (non-hydrogen) atoms. The average molecular weight is 417 g/mol. The van der Waals surface area contributed by atoms with Crippen molar-refractivity contribution in [3.8, 4) is 11.1 Å². The van der Waals surface area contributed by atoms with Crippen LogP contribution in [0.4, 0.5) is 4.39 Å². The third-order valence-electron chi connectivity index (χ3n) is 6.18. The minimum Gasteiger partial charge on any atom is -0.340 e. The molecule has 4 heterocycles. The molecule has 0 aliphatic carbocycles. The Balaban J connectivity index is 1.35. The second-order valence-corrected chi connectivity index (χ2v) is 8.26. The zero-order valence-corrected chi connectivity index (χ0v) is 17.6. The largest absolute Gasteiger partial charge is 0.340 e. The highest BCUT2D eigenvalue weighted by Gasteiger charge is 2.28. The molecule has 6 nitrogen and oxygen atoms in total. The van der Waals surface area contributed by atoms with E-state index in [1.165, 1.54) is 12.1 Å². The normalized spacial score (nSPS) is 16.7. The van der Waals surface area contributed by atoms with E-state index in [-0.39, 0.29) is 17.6 Å². The van der Waals surface area contributed by atoms with Gasteiger partial charge < -0.3 is 9.47 Å². The maximum Gasteiger partial charge on any atom is 0.270 e. The summed E-state index contributed by atoms with van der Waals surface area (Å²) in [5.41, 5.74) is 4.51. The maximum absolute atomic E-state index is 13.6. The number of pyridine rings is 1. The van der Waals surface area contributed by atoms with Gasteiger partial charge in [0.2, 0.25) is 0 Å². The Morgan fingerprint density at radius 2 is 1.97 bits per heavy atom. The fourth-order valence-corrected chi connectivity index (χ4v) is 4.48. The van der Waals surface area contributed by atoms with Crippen molar-refractivity contribution < 1.29 is 9.18 Å². The molecule has 3 aromatic heterocycles. The number of benzene rings is 1. The number of hydrogen-bond donors (Lipinski definition) is 0. The molecule has 0 unspecified atom stereocenters. The molecule has 1 aromatic carbocycles. The topological polar surface area (TPSA) is 56.0 Å². The van der Waals surface area contributed by atoms with Gasteiger partial charge in [0.15, 0.2) is 0 Å². The number of aryl methyl sites for hydroxylation is 2. The first kappa shape index (κ1) is 19.5. The third kappa shape index (κ3) is 3.60. The molecule has 1 saturated heterocycles. The van der Waals surface area contributed by atoms with Gasteiger partial charge in [0, 0.05) is 73.2 Å². The average Bonchev–Trinajstić information content (AvgIpc) is 3.36. The smallest absolute Gasteiger partial charge is 0.270 e. The number of hydrogen-bond acceptors (Lipinski definition) is 3. The Hall–Kier alpha value is -3.48. The van der Waals surface area contributed by atoms with E-state index in [2.05, 4.69) is 17.2 Å². The van der Waals surface area contributed by atoms with Crippen LogP contribution in [-0.2, 0) is 14.1 Å². The second kappa shape index (κ2) is 7.65. The molecule has 5 rings (SSSR count). The molecule has 1 amide bonds. The van der Waals surface area contributed by atoms with E-state index >= 15 is 0 Å². The Morgan fingerprint density at radius 3 is 2.71 bits per heavy atom. The fraction of sp³-hybridized carbons (Fsp3) is 0.292. The van der Waals surface area contributed by atoms with Gasteiger partial charge >= 0.3 is 0 Å². The first-order chi connectivity index (χ1) is 15.0. The van der Waals surface area contributed by atoms with Crippen molar-refractivity contribution >= 4 is 16.8 Å². The summed E-state index contributed by atoms with van der Waals surface area (Å²) < 4.78 is 17.2. The van der Waals surface area contributed by atoms with Gasteiger partial charge in [-0.2, -0.15) is 5.10 Å². The van der Waals surface area contributed by atoms with E-state index in [1.54, 1.807) is 16.8 Å². The number of fused-ring (bicyclic) bond motifs is 1. The van der Waals surface area contributed by atoms with Crippen LogP contribution in [0.25, 0.3) is 22.0 Å². The predicted molar refractivity (Wildman–Crippen MR) is 117 cm³/mol. The molecule has 0 bridgehead atoms. The highest BCUT2D eigenvalue weighted by Crippen LogP contribution is 2.29. The summed E-state index contributed by atoms with van der Waals surface area (Å²) in [6.45, 7) is 1.35. The van der Waals surface area contributed by atoms with Crippen molar-refractivity contribution in [3.05, 3.63) is 72.2 Å².